The Morgan fingerprint density at radius 1 is 0.585 bits per heavy atom. The monoisotopic (exact) mass is 584 g/mol. The highest BCUT2D eigenvalue weighted by atomic mass is 17.0. The molecule has 12 nitrogen and oxygen atoms in total. The first kappa shape index (κ1) is 37.3. The molecule has 0 unspecified atom stereocenters. The Labute approximate surface area is 241 Å². The molecule has 0 heterocycles. The van der Waals surface area contributed by atoms with Crippen molar-refractivity contribution in [3.05, 3.63) is 23.8 Å². The van der Waals surface area contributed by atoms with Crippen molar-refractivity contribution in [3.63, 3.8) is 0 Å². The maximum atomic E-state index is 12.3. The van der Waals surface area contributed by atoms with Crippen LogP contribution in [0.3, 0.4) is 0 Å². The first-order valence-corrected chi connectivity index (χ1v) is 12.8. The number of esters is 4. The number of carbonyl (C=O) groups excluding carboxylic acids is 5. The molecule has 0 aromatic heterocycles. The summed E-state index contributed by atoms with van der Waals surface area (Å²) in [5.74, 6) is -3.48. The van der Waals surface area contributed by atoms with Crippen molar-refractivity contribution >= 4 is 30.2 Å². The molecule has 1 aromatic rings. The molecule has 41 heavy (non-hydrogen) atoms. The number of phenols is 2. The fraction of sp³-hybridized carbons (Fsp3) is 0.621. The van der Waals surface area contributed by atoms with E-state index in [-0.39, 0.29) is 11.5 Å². The van der Waals surface area contributed by atoms with Crippen molar-refractivity contribution in [1.29, 1.82) is 0 Å². The topological polar surface area (TPSA) is 172 Å². The van der Waals surface area contributed by atoms with Gasteiger partial charge in [0.25, 0.3) is 0 Å². The lowest BCUT2D eigenvalue weighted by atomic mass is 9.97. The lowest BCUT2D eigenvalue weighted by Gasteiger charge is -2.30. The summed E-state index contributed by atoms with van der Waals surface area (Å²) in [4.78, 5) is 59.4. The number of benzene rings is 1. The van der Waals surface area contributed by atoms with Crippen molar-refractivity contribution < 1.29 is 57.9 Å². The molecule has 0 radical (unpaired) electrons. The SMILES string of the molecule is CC(C)(C)C(=O)OC(OC(=O)C(C)(C)C)OC(OC(=O)C(C)(C)C)OC(=O)C(C)(C)C.O=Cc1ccc(O)c(O)c1. The summed E-state index contributed by atoms with van der Waals surface area (Å²) in [5.41, 5.74) is -3.45. The van der Waals surface area contributed by atoms with Crippen LogP contribution in [0.1, 0.15) is 93.4 Å². The van der Waals surface area contributed by atoms with Gasteiger partial charge in [0.2, 0.25) is 0 Å². The Bertz CT molecular complexity index is 965. The van der Waals surface area contributed by atoms with Gasteiger partial charge in [-0.2, -0.15) is 0 Å². The number of rotatable bonds is 7. The van der Waals surface area contributed by atoms with E-state index in [4.69, 9.17) is 33.9 Å². The Kier molecular flexibility index (Phi) is 13.0. The zero-order chi connectivity index (χ0) is 32.6. The summed E-state index contributed by atoms with van der Waals surface area (Å²) in [6.07, 6.45) is 0.596. The number of hydrogen-bond donors (Lipinski definition) is 2. The lowest BCUT2D eigenvalue weighted by Crippen LogP contribution is -2.42. The van der Waals surface area contributed by atoms with Gasteiger partial charge < -0.3 is 29.2 Å². The molecule has 0 spiro atoms. The van der Waals surface area contributed by atoms with Gasteiger partial charge in [-0.25, -0.2) is 4.74 Å². The van der Waals surface area contributed by atoms with Gasteiger partial charge in [0.05, 0.1) is 21.7 Å². The van der Waals surface area contributed by atoms with E-state index in [0.717, 1.165) is 0 Å². The van der Waals surface area contributed by atoms with E-state index in [1.54, 1.807) is 83.1 Å². The first-order valence-electron chi connectivity index (χ1n) is 12.8. The zero-order valence-electron chi connectivity index (χ0n) is 25.9. The third kappa shape index (κ3) is 14.0. The molecule has 0 aliphatic rings. The third-order valence-electron chi connectivity index (χ3n) is 4.62. The van der Waals surface area contributed by atoms with E-state index in [1.807, 2.05) is 0 Å². The van der Waals surface area contributed by atoms with Gasteiger partial charge in [-0.15, -0.1) is 0 Å². The Morgan fingerprint density at radius 2 is 0.878 bits per heavy atom. The smallest absolute Gasteiger partial charge is 0.370 e. The predicted octanol–water partition coefficient (Wildman–Crippen LogP) is 4.84. The summed E-state index contributed by atoms with van der Waals surface area (Å²) in [5, 5.41) is 17.6. The van der Waals surface area contributed by atoms with E-state index in [9.17, 15) is 24.0 Å². The van der Waals surface area contributed by atoms with E-state index in [0.29, 0.717) is 11.8 Å². The van der Waals surface area contributed by atoms with Crippen molar-refractivity contribution in [2.45, 2.75) is 96.0 Å². The van der Waals surface area contributed by atoms with Crippen LogP contribution in [-0.4, -0.2) is 53.3 Å². The minimum absolute atomic E-state index is 0.217. The van der Waals surface area contributed by atoms with Gasteiger partial charge in [-0.1, -0.05) is 0 Å². The number of aldehydes is 1. The molecule has 0 aliphatic carbocycles. The highest BCUT2D eigenvalue weighted by Gasteiger charge is 2.38. The van der Waals surface area contributed by atoms with Crippen LogP contribution in [-0.2, 0) is 42.9 Å². The van der Waals surface area contributed by atoms with Crippen LogP contribution in [0.5, 0.6) is 11.5 Å². The summed E-state index contributed by atoms with van der Waals surface area (Å²) in [6, 6.07) is 3.88. The van der Waals surface area contributed by atoms with Crippen LogP contribution in [0.2, 0.25) is 0 Å². The molecule has 0 aliphatic heterocycles. The van der Waals surface area contributed by atoms with Crippen molar-refractivity contribution in [1.82, 2.24) is 0 Å². The number of ether oxygens (including phenoxy) is 5. The molecule has 0 amide bonds. The second kappa shape index (κ2) is 14.3. The summed E-state index contributed by atoms with van der Waals surface area (Å²) < 4.78 is 26.0. The fourth-order valence-corrected chi connectivity index (χ4v) is 1.92. The van der Waals surface area contributed by atoms with E-state index < -0.39 is 58.5 Å². The normalized spacial score (nSPS) is 12.1. The third-order valence-corrected chi connectivity index (χ3v) is 4.62. The van der Waals surface area contributed by atoms with Gasteiger partial charge in [0, 0.05) is 5.56 Å². The van der Waals surface area contributed by atoms with Gasteiger partial charge in [0.15, 0.2) is 11.5 Å². The number of aromatic hydroxyl groups is 2. The van der Waals surface area contributed by atoms with Crippen LogP contribution in [0, 0.1) is 21.7 Å². The highest BCUT2D eigenvalue weighted by Crippen LogP contribution is 2.25. The molecule has 2 N–H and O–H groups in total. The largest absolute Gasteiger partial charge is 0.504 e. The molecular weight excluding hydrogens is 540 g/mol. The molecule has 0 bridgehead atoms. The predicted molar refractivity (Wildman–Crippen MR) is 146 cm³/mol. The van der Waals surface area contributed by atoms with Crippen LogP contribution >= 0.6 is 0 Å². The maximum absolute atomic E-state index is 12.3. The summed E-state index contributed by atoms with van der Waals surface area (Å²) in [7, 11) is 0. The van der Waals surface area contributed by atoms with E-state index in [1.165, 1.54) is 18.2 Å². The average Bonchev–Trinajstić information content (AvgIpc) is 2.78. The molecule has 1 rings (SSSR count). The van der Waals surface area contributed by atoms with Crippen LogP contribution in [0.25, 0.3) is 0 Å². The van der Waals surface area contributed by atoms with Gasteiger partial charge in [-0.3, -0.25) is 24.0 Å². The Hall–Kier alpha value is -3.67. The van der Waals surface area contributed by atoms with Crippen molar-refractivity contribution in [2.75, 3.05) is 0 Å². The number of hydrogen-bond acceptors (Lipinski definition) is 12. The van der Waals surface area contributed by atoms with Gasteiger partial charge in [-0.05, 0) is 101 Å². The second-order valence-corrected chi connectivity index (χ2v) is 13.2. The van der Waals surface area contributed by atoms with Gasteiger partial charge >= 0.3 is 36.8 Å². The summed E-state index contributed by atoms with van der Waals surface area (Å²) >= 11 is 0. The number of phenolic OH excluding ortho intramolecular Hbond substituents is 2. The minimum atomic E-state index is -1.91. The first-order chi connectivity index (χ1) is 18.3. The standard InChI is InChI=1S/C22H38O9.C7H6O3/c1-19(2,3)13(23)27-17(28-14(24)20(4,5)6)31-18(29-15(25)21(7,8)9)30-16(26)22(10,11)12;8-4-5-1-2-6(9)7(10)3-5/h17-18H,1-12H3;1-4,9-10H. The molecule has 12 heteroatoms. The second-order valence-electron chi connectivity index (χ2n) is 13.2. The lowest BCUT2D eigenvalue weighted by molar-refractivity contribution is -0.365. The highest BCUT2D eigenvalue weighted by molar-refractivity contribution is 5.78. The molecule has 1 aromatic carbocycles. The molecular formula is C29H44O12. The van der Waals surface area contributed by atoms with Crippen LogP contribution < -0.4 is 0 Å². The Balaban J connectivity index is 0.00000133. The maximum Gasteiger partial charge on any atom is 0.370 e. The zero-order valence-corrected chi connectivity index (χ0v) is 25.9. The average molecular weight is 585 g/mol. The van der Waals surface area contributed by atoms with E-state index >= 15 is 0 Å². The quantitative estimate of drug-likeness (QED) is 0.194. The van der Waals surface area contributed by atoms with Crippen molar-refractivity contribution in [2.24, 2.45) is 21.7 Å². The molecule has 232 valence electrons. The summed E-state index contributed by atoms with van der Waals surface area (Å²) in [6.45, 7) is 15.3. The molecule has 0 saturated carbocycles. The fourth-order valence-electron chi connectivity index (χ4n) is 1.92. The van der Waals surface area contributed by atoms with Crippen molar-refractivity contribution in [3.8, 4) is 11.5 Å². The molecule has 0 saturated heterocycles. The number of carbonyl (C=O) groups is 5. The van der Waals surface area contributed by atoms with Crippen LogP contribution in [0.4, 0.5) is 0 Å². The van der Waals surface area contributed by atoms with Crippen LogP contribution in [0.15, 0.2) is 18.2 Å². The minimum Gasteiger partial charge on any atom is -0.504 e. The van der Waals surface area contributed by atoms with E-state index in [2.05, 4.69) is 0 Å². The Morgan fingerprint density at radius 3 is 1.10 bits per heavy atom. The van der Waals surface area contributed by atoms with Gasteiger partial charge in [0.1, 0.15) is 6.29 Å². The molecule has 0 fully saturated rings. The molecule has 0 atom stereocenters.